The average Bonchev–Trinajstić information content (AvgIpc) is 3.24. The van der Waals surface area contributed by atoms with Gasteiger partial charge in [-0.1, -0.05) is 13.0 Å². The van der Waals surface area contributed by atoms with E-state index in [1.54, 1.807) is 0 Å². The molecule has 3 heterocycles. The topological polar surface area (TPSA) is 46.1 Å². The van der Waals surface area contributed by atoms with Crippen LogP contribution in [0.1, 0.15) is 37.6 Å². The zero-order valence-corrected chi connectivity index (χ0v) is 19.5. The number of aliphatic imine (C=N–C) groups is 1. The van der Waals surface area contributed by atoms with Gasteiger partial charge in [0.1, 0.15) is 0 Å². The number of likely N-dealkylation sites (N-methyl/N-ethyl adjacent to an activating group) is 2. The molecule has 0 aromatic carbocycles. The predicted molar refractivity (Wildman–Crippen MR) is 125 cm³/mol. The van der Waals surface area contributed by atoms with Crippen LogP contribution in [0.25, 0.3) is 0 Å². The summed E-state index contributed by atoms with van der Waals surface area (Å²) in [6, 6.07) is 5.36. The number of hydrogen-bond donors (Lipinski definition) is 2. The number of thiophene rings is 1. The number of piperidine rings is 1. The molecule has 2 aliphatic rings. The van der Waals surface area contributed by atoms with Crippen molar-refractivity contribution in [3.63, 3.8) is 0 Å². The number of guanidine groups is 1. The Hall–Kier alpha value is -1.15. The Morgan fingerprint density at radius 3 is 2.69 bits per heavy atom. The Labute approximate surface area is 181 Å². The largest absolute Gasteiger partial charge is 0.357 e. The molecule has 0 aliphatic carbocycles. The van der Waals surface area contributed by atoms with E-state index in [-0.39, 0.29) is 0 Å². The van der Waals surface area contributed by atoms with Crippen molar-refractivity contribution < 1.29 is 0 Å². The lowest BCUT2D eigenvalue weighted by Crippen LogP contribution is -2.55. The summed E-state index contributed by atoms with van der Waals surface area (Å²) in [4.78, 5) is 14.0. The molecule has 2 N–H and O–H groups in total. The van der Waals surface area contributed by atoms with Crippen molar-refractivity contribution in [3.05, 3.63) is 22.4 Å². The fourth-order valence-corrected chi connectivity index (χ4v) is 5.11. The molecule has 3 rings (SSSR count). The summed E-state index contributed by atoms with van der Waals surface area (Å²) < 4.78 is 0. The van der Waals surface area contributed by atoms with Gasteiger partial charge >= 0.3 is 0 Å². The summed E-state index contributed by atoms with van der Waals surface area (Å²) in [7, 11) is 4.44. The SMILES string of the molecule is CCNC(=NCC(c1cccs1)N1CCC(C)CC1)NCC1CN(C)CCN1C. The average molecular weight is 421 g/mol. The molecule has 2 fully saturated rings. The van der Waals surface area contributed by atoms with Crippen molar-refractivity contribution in [2.24, 2.45) is 10.9 Å². The fraction of sp³-hybridized carbons (Fsp3) is 0.773. The van der Waals surface area contributed by atoms with Crippen LogP contribution < -0.4 is 10.6 Å². The highest BCUT2D eigenvalue weighted by Crippen LogP contribution is 2.29. The third-order valence-electron chi connectivity index (χ3n) is 6.38. The Kier molecular flexibility index (Phi) is 8.78. The summed E-state index contributed by atoms with van der Waals surface area (Å²) in [5.74, 6) is 1.80. The van der Waals surface area contributed by atoms with Gasteiger partial charge in [-0.05, 0) is 64.3 Å². The second-order valence-corrected chi connectivity index (χ2v) is 9.73. The van der Waals surface area contributed by atoms with Crippen LogP contribution in [0.2, 0.25) is 0 Å². The molecule has 0 radical (unpaired) electrons. The number of likely N-dealkylation sites (tertiary alicyclic amines) is 1. The quantitative estimate of drug-likeness (QED) is 0.524. The monoisotopic (exact) mass is 420 g/mol. The van der Waals surface area contributed by atoms with E-state index in [2.05, 4.69) is 70.8 Å². The minimum Gasteiger partial charge on any atom is -0.357 e. The molecule has 7 heteroatoms. The molecule has 29 heavy (non-hydrogen) atoms. The van der Waals surface area contributed by atoms with E-state index in [0.717, 1.165) is 51.1 Å². The van der Waals surface area contributed by atoms with Crippen molar-refractivity contribution in [1.82, 2.24) is 25.3 Å². The Morgan fingerprint density at radius 1 is 1.21 bits per heavy atom. The third kappa shape index (κ3) is 6.67. The molecule has 164 valence electrons. The predicted octanol–water partition coefficient (Wildman–Crippen LogP) is 2.32. The summed E-state index contributed by atoms with van der Waals surface area (Å²) >= 11 is 1.86. The highest BCUT2D eigenvalue weighted by atomic mass is 32.1. The molecular formula is C22H40N6S. The third-order valence-corrected chi connectivity index (χ3v) is 7.36. The molecule has 0 amide bonds. The number of piperazine rings is 1. The summed E-state index contributed by atoms with van der Waals surface area (Å²) in [5.41, 5.74) is 0. The van der Waals surface area contributed by atoms with E-state index < -0.39 is 0 Å². The standard InChI is InChI=1S/C22H40N6S/c1-5-23-22(24-15-19-17-26(3)12-13-27(19)4)25-16-20(21-7-6-14-29-21)28-10-8-18(2)9-11-28/h6-7,14,18-20H,5,8-13,15-17H2,1-4H3,(H2,23,24,25). The molecular weight excluding hydrogens is 380 g/mol. The Balaban J connectivity index is 1.62. The normalized spacial score (nSPS) is 24.6. The summed E-state index contributed by atoms with van der Waals surface area (Å²) in [6.07, 6.45) is 2.59. The van der Waals surface area contributed by atoms with E-state index in [1.807, 2.05) is 11.3 Å². The number of nitrogens with zero attached hydrogens (tertiary/aromatic N) is 4. The van der Waals surface area contributed by atoms with E-state index >= 15 is 0 Å². The minimum atomic E-state index is 0.390. The highest BCUT2D eigenvalue weighted by molar-refractivity contribution is 7.10. The molecule has 2 unspecified atom stereocenters. The molecule has 0 bridgehead atoms. The van der Waals surface area contributed by atoms with Crippen LogP contribution in [0.5, 0.6) is 0 Å². The van der Waals surface area contributed by atoms with Crippen LogP contribution >= 0.6 is 11.3 Å². The van der Waals surface area contributed by atoms with Crippen LogP contribution in [-0.2, 0) is 0 Å². The lowest BCUT2D eigenvalue weighted by atomic mass is 9.97. The molecule has 1 aromatic rings. The smallest absolute Gasteiger partial charge is 0.191 e. The Bertz CT molecular complexity index is 611. The number of hydrogen-bond acceptors (Lipinski definition) is 5. The number of nitrogens with one attached hydrogen (secondary N) is 2. The first-order valence-corrected chi connectivity index (χ1v) is 12.1. The molecule has 0 spiro atoms. The maximum atomic E-state index is 5.02. The molecule has 2 saturated heterocycles. The van der Waals surface area contributed by atoms with Crippen molar-refractivity contribution >= 4 is 17.3 Å². The molecule has 0 saturated carbocycles. The molecule has 2 aliphatic heterocycles. The first-order chi connectivity index (χ1) is 14.1. The van der Waals surface area contributed by atoms with Crippen LogP contribution in [-0.4, -0.2) is 93.2 Å². The highest BCUT2D eigenvalue weighted by Gasteiger charge is 2.26. The summed E-state index contributed by atoms with van der Waals surface area (Å²) in [5, 5.41) is 9.25. The van der Waals surface area contributed by atoms with Gasteiger partial charge in [0.2, 0.25) is 0 Å². The second-order valence-electron chi connectivity index (χ2n) is 8.75. The van der Waals surface area contributed by atoms with E-state index in [4.69, 9.17) is 4.99 Å². The van der Waals surface area contributed by atoms with Gasteiger partial charge < -0.3 is 15.5 Å². The first-order valence-electron chi connectivity index (χ1n) is 11.2. The first kappa shape index (κ1) is 22.5. The maximum Gasteiger partial charge on any atom is 0.191 e. The van der Waals surface area contributed by atoms with Crippen molar-refractivity contribution in [2.75, 3.05) is 66.5 Å². The molecule has 2 atom stereocenters. The summed E-state index contributed by atoms with van der Waals surface area (Å²) in [6.45, 7) is 12.9. The molecule has 1 aromatic heterocycles. The Morgan fingerprint density at radius 2 is 2.00 bits per heavy atom. The van der Waals surface area contributed by atoms with Gasteiger partial charge in [0.15, 0.2) is 5.96 Å². The van der Waals surface area contributed by atoms with Gasteiger partial charge in [-0.15, -0.1) is 11.3 Å². The van der Waals surface area contributed by atoms with Crippen molar-refractivity contribution in [2.45, 2.75) is 38.8 Å². The van der Waals surface area contributed by atoms with Crippen LogP contribution in [0.4, 0.5) is 0 Å². The van der Waals surface area contributed by atoms with Crippen molar-refractivity contribution in [1.29, 1.82) is 0 Å². The number of rotatable bonds is 7. The second kappa shape index (κ2) is 11.3. The zero-order chi connectivity index (χ0) is 20.6. The van der Waals surface area contributed by atoms with E-state index in [9.17, 15) is 0 Å². The van der Waals surface area contributed by atoms with E-state index in [0.29, 0.717) is 12.1 Å². The minimum absolute atomic E-state index is 0.390. The fourth-order valence-electron chi connectivity index (χ4n) is 4.26. The zero-order valence-electron chi connectivity index (χ0n) is 18.7. The van der Waals surface area contributed by atoms with Crippen molar-refractivity contribution in [3.8, 4) is 0 Å². The lowest BCUT2D eigenvalue weighted by Gasteiger charge is -2.38. The van der Waals surface area contributed by atoms with Crippen LogP contribution in [0.3, 0.4) is 0 Å². The van der Waals surface area contributed by atoms with Crippen LogP contribution in [0.15, 0.2) is 22.5 Å². The van der Waals surface area contributed by atoms with E-state index in [1.165, 1.54) is 30.8 Å². The van der Waals surface area contributed by atoms with Gasteiger partial charge in [-0.3, -0.25) is 14.8 Å². The lowest BCUT2D eigenvalue weighted by molar-refractivity contribution is 0.116. The van der Waals surface area contributed by atoms with Gasteiger partial charge in [0.25, 0.3) is 0 Å². The van der Waals surface area contributed by atoms with Gasteiger partial charge in [0.05, 0.1) is 12.6 Å². The maximum absolute atomic E-state index is 5.02. The van der Waals surface area contributed by atoms with Gasteiger partial charge in [-0.2, -0.15) is 0 Å². The van der Waals surface area contributed by atoms with Gasteiger partial charge in [-0.25, -0.2) is 0 Å². The van der Waals surface area contributed by atoms with Crippen LogP contribution in [0, 0.1) is 5.92 Å². The van der Waals surface area contributed by atoms with Gasteiger partial charge in [0, 0.05) is 43.6 Å². The molecule has 6 nitrogen and oxygen atoms in total.